The molecule has 0 saturated heterocycles. The van der Waals surface area contributed by atoms with Crippen molar-refractivity contribution in [3.8, 4) is 0 Å². The SMILES string of the molecule is CC1(C)C(O)CC1CNc1ncc(F)c2cc(N)ccc12. The molecule has 1 fully saturated rings. The first-order valence-corrected chi connectivity index (χ1v) is 7.15. The quantitative estimate of drug-likeness (QED) is 0.760. The number of benzene rings is 1. The number of aliphatic hydroxyl groups is 1. The standard InChI is InChI=1S/C16H20FN3O/c1-16(2)9(5-14(16)21)7-19-15-11-4-3-10(18)6-12(11)13(17)8-20-15/h3-4,6,8-9,14,21H,5,7,18H2,1-2H3,(H,19,20). The second-order valence-corrected chi connectivity index (χ2v) is 6.41. The molecule has 0 radical (unpaired) electrons. The van der Waals surface area contributed by atoms with Gasteiger partial charge in [0.25, 0.3) is 0 Å². The van der Waals surface area contributed by atoms with Crippen LogP contribution in [-0.2, 0) is 0 Å². The number of nitrogen functional groups attached to an aromatic ring is 1. The van der Waals surface area contributed by atoms with Gasteiger partial charge in [0.15, 0.2) is 0 Å². The minimum Gasteiger partial charge on any atom is -0.399 e. The summed E-state index contributed by atoms with van der Waals surface area (Å²) in [5.74, 6) is 0.661. The van der Waals surface area contributed by atoms with Crippen molar-refractivity contribution in [1.82, 2.24) is 4.98 Å². The lowest BCUT2D eigenvalue weighted by Crippen LogP contribution is -2.51. The Morgan fingerprint density at radius 1 is 1.43 bits per heavy atom. The van der Waals surface area contributed by atoms with Gasteiger partial charge in [-0.2, -0.15) is 0 Å². The van der Waals surface area contributed by atoms with Crippen LogP contribution in [0.25, 0.3) is 10.8 Å². The molecule has 4 nitrogen and oxygen atoms in total. The van der Waals surface area contributed by atoms with Gasteiger partial charge < -0.3 is 16.2 Å². The van der Waals surface area contributed by atoms with Crippen LogP contribution in [0.4, 0.5) is 15.9 Å². The summed E-state index contributed by atoms with van der Waals surface area (Å²) in [5, 5.41) is 14.3. The van der Waals surface area contributed by atoms with Crippen LogP contribution in [0, 0.1) is 17.2 Å². The van der Waals surface area contributed by atoms with Crippen molar-refractivity contribution in [2.75, 3.05) is 17.6 Å². The van der Waals surface area contributed by atoms with Gasteiger partial charge >= 0.3 is 0 Å². The Bertz CT molecular complexity index is 687. The normalized spacial score (nSPS) is 23.8. The van der Waals surface area contributed by atoms with Crippen molar-refractivity contribution >= 4 is 22.3 Å². The topological polar surface area (TPSA) is 71.2 Å². The average molecular weight is 289 g/mol. The minimum absolute atomic E-state index is 0.0900. The number of nitrogens with zero attached hydrogens (tertiary/aromatic N) is 1. The van der Waals surface area contributed by atoms with E-state index in [9.17, 15) is 9.50 Å². The third-order valence-electron chi connectivity index (χ3n) is 4.80. The maximum atomic E-state index is 13.8. The van der Waals surface area contributed by atoms with Gasteiger partial charge in [0.05, 0.1) is 12.3 Å². The predicted octanol–water partition coefficient (Wildman–Crippen LogP) is 2.78. The number of aromatic nitrogens is 1. The number of fused-ring (bicyclic) bond motifs is 1. The molecule has 4 N–H and O–H groups in total. The highest BCUT2D eigenvalue weighted by Crippen LogP contribution is 2.46. The summed E-state index contributed by atoms with van der Waals surface area (Å²) in [7, 11) is 0. The average Bonchev–Trinajstić information content (AvgIpc) is 2.45. The van der Waals surface area contributed by atoms with Gasteiger partial charge in [-0.3, -0.25) is 0 Å². The van der Waals surface area contributed by atoms with Crippen molar-refractivity contribution in [2.45, 2.75) is 26.4 Å². The molecule has 1 aromatic carbocycles. The van der Waals surface area contributed by atoms with E-state index >= 15 is 0 Å². The molecule has 0 aliphatic heterocycles. The number of nitrogens with two attached hydrogens (primary N) is 1. The Hall–Kier alpha value is -1.88. The number of hydrogen-bond donors (Lipinski definition) is 3. The fourth-order valence-electron chi connectivity index (χ4n) is 2.92. The summed E-state index contributed by atoms with van der Waals surface area (Å²) < 4.78 is 13.8. The lowest BCUT2D eigenvalue weighted by Gasteiger charge is -2.49. The number of pyridine rings is 1. The lowest BCUT2D eigenvalue weighted by atomic mass is 9.60. The van der Waals surface area contributed by atoms with Crippen molar-refractivity contribution < 1.29 is 9.50 Å². The van der Waals surface area contributed by atoms with E-state index in [0.717, 1.165) is 11.8 Å². The molecule has 2 unspecified atom stereocenters. The van der Waals surface area contributed by atoms with Crippen LogP contribution in [0.15, 0.2) is 24.4 Å². The molecule has 2 atom stereocenters. The maximum Gasteiger partial charge on any atom is 0.149 e. The van der Waals surface area contributed by atoms with Crippen molar-refractivity contribution in [3.63, 3.8) is 0 Å². The number of hydrogen-bond acceptors (Lipinski definition) is 4. The molecule has 1 aromatic heterocycles. The number of rotatable bonds is 3. The fraction of sp³-hybridized carbons (Fsp3) is 0.438. The molecule has 1 aliphatic rings. The smallest absolute Gasteiger partial charge is 0.149 e. The van der Waals surface area contributed by atoms with Crippen LogP contribution < -0.4 is 11.1 Å². The van der Waals surface area contributed by atoms with Gasteiger partial charge in [-0.25, -0.2) is 9.37 Å². The largest absolute Gasteiger partial charge is 0.399 e. The Labute approximate surface area is 123 Å². The van der Waals surface area contributed by atoms with E-state index in [4.69, 9.17) is 5.73 Å². The van der Waals surface area contributed by atoms with Crippen molar-refractivity contribution in [1.29, 1.82) is 0 Å². The maximum absolute atomic E-state index is 13.8. The molecule has 2 aromatic rings. The van der Waals surface area contributed by atoms with Crippen LogP contribution in [0.3, 0.4) is 0 Å². The van der Waals surface area contributed by atoms with Crippen molar-refractivity contribution in [3.05, 3.63) is 30.2 Å². The predicted molar refractivity (Wildman–Crippen MR) is 82.5 cm³/mol. The van der Waals surface area contributed by atoms with Gasteiger partial charge in [-0.05, 0) is 36.0 Å². The van der Waals surface area contributed by atoms with Gasteiger partial charge in [-0.15, -0.1) is 0 Å². The fourth-order valence-corrected chi connectivity index (χ4v) is 2.92. The molecular formula is C16H20FN3O. The van der Waals surface area contributed by atoms with Gasteiger partial charge in [0.1, 0.15) is 11.6 Å². The van der Waals surface area contributed by atoms with Crippen LogP contribution in [-0.4, -0.2) is 22.7 Å². The Morgan fingerprint density at radius 3 is 2.86 bits per heavy atom. The monoisotopic (exact) mass is 289 g/mol. The van der Waals surface area contributed by atoms with Gasteiger partial charge in [0, 0.05) is 23.0 Å². The summed E-state index contributed by atoms with van der Waals surface area (Å²) in [6.45, 7) is 4.83. The minimum atomic E-state index is -0.373. The molecule has 0 bridgehead atoms. The highest BCUT2D eigenvalue weighted by molar-refractivity contribution is 5.94. The lowest BCUT2D eigenvalue weighted by molar-refractivity contribution is -0.0919. The summed E-state index contributed by atoms with van der Waals surface area (Å²) in [6, 6.07) is 5.14. The first kappa shape index (κ1) is 14.1. The van der Waals surface area contributed by atoms with Crippen LogP contribution >= 0.6 is 0 Å². The second kappa shape index (κ2) is 4.84. The summed E-state index contributed by atoms with van der Waals surface area (Å²) >= 11 is 0. The van der Waals surface area contributed by atoms with Gasteiger partial charge in [0.2, 0.25) is 0 Å². The van der Waals surface area contributed by atoms with E-state index in [1.54, 1.807) is 18.2 Å². The highest BCUT2D eigenvalue weighted by atomic mass is 19.1. The van der Waals surface area contributed by atoms with Crippen LogP contribution in [0.2, 0.25) is 0 Å². The molecule has 112 valence electrons. The zero-order chi connectivity index (χ0) is 15.2. The molecule has 1 heterocycles. The zero-order valence-corrected chi connectivity index (χ0v) is 12.2. The molecule has 1 saturated carbocycles. The number of halogens is 1. The van der Waals surface area contributed by atoms with Crippen LogP contribution in [0.1, 0.15) is 20.3 Å². The molecule has 1 aliphatic carbocycles. The highest BCUT2D eigenvalue weighted by Gasteiger charge is 2.46. The van der Waals surface area contributed by atoms with E-state index in [1.165, 1.54) is 6.20 Å². The third-order valence-corrected chi connectivity index (χ3v) is 4.80. The first-order valence-electron chi connectivity index (χ1n) is 7.15. The van der Waals surface area contributed by atoms with E-state index in [2.05, 4.69) is 24.1 Å². The zero-order valence-electron chi connectivity index (χ0n) is 12.2. The van der Waals surface area contributed by atoms with E-state index in [1.807, 2.05) is 0 Å². The summed E-state index contributed by atoms with van der Waals surface area (Å²) in [4.78, 5) is 4.14. The summed E-state index contributed by atoms with van der Waals surface area (Å²) in [6.07, 6.45) is 1.75. The summed E-state index contributed by atoms with van der Waals surface area (Å²) in [5.41, 5.74) is 6.15. The molecule has 0 spiro atoms. The Balaban J connectivity index is 1.84. The van der Waals surface area contributed by atoms with Gasteiger partial charge in [-0.1, -0.05) is 13.8 Å². The van der Waals surface area contributed by atoms with E-state index in [-0.39, 0.29) is 17.3 Å². The molecule has 0 amide bonds. The Morgan fingerprint density at radius 2 is 2.19 bits per heavy atom. The molecular weight excluding hydrogens is 269 g/mol. The Kier molecular flexibility index (Phi) is 3.24. The molecule has 3 rings (SSSR count). The number of anilines is 2. The molecule has 21 heavy (non-hydrogen) atoms. The number of aliphatic hydroxyl groups excluding tert-OH is 1. The van der Waals surface area contributed by atoms with Crippen molar-refractivity contribution in [2.24, 2.45) is 11.3 Å². The third kappa shape index (κ3) is 2.31. The number of nitrogens with one attached hydrogen (secondary N) is 1. The first-order chi connectivity index (χ1) is 9.89. The van der Waals surface area contributed by atoms with E-state index < -0.39 is 0 Å². The molecule has 5 heteroatoms. The van der Waals surface area contributed by atoms with Crippen LogP contribution in [0.5, 0.6) is 0 Å². The second-order valence-electron chi connectivity index (χ2n) is 6.41. The van der Waals surface area contributed by atoms with E-state index in [0.29, 0.717) is 29.4 Å².